The van der Waals surface area contributed by atoms with E-state index in [0.29, 0.717) is 23.3 Å². The molecular weight excluding hydrogens is 337 g/mol. The van der Waals surface area contributed by atoms with Crippen molar-refractivity contribution in [2.24, 2.45) is 0 Å². The summed E-state index contributed by atoms with van der Waals surface area (Å²) in [6.07, 6.45) is -4.75. The van der Waals surface area contributed by atoms with Gasteiger partial charge in [0.25, 0.3) is 5.91 Å². The van der Waals surface area contributed by atoms with Crippen LogP contribution < -0.4 is 10.1 Å². The highest BCUT2D eigenvalue weighted by atomic mass is 19.4. The van der Waals surface area contributed by atoms with Crippen molar-refractivity contribution in [1.82, 2.24) is 15.0 Å². The number of alkyl halides is 3. The van der Waals surface area contributed by atoms with E-state index in [9.17, 15) is 18.0 Å². The fourth-order valence-corrected chi connectivity index (χ4v) is 2.29. The SMILES string of the molecule is CCn1nnc2cc(C(=O)Nc3ccc(OC(F)(F)F)cc3)ccc21. The summed E-state index contributed by atoms with van der Waals surface area (Å²) in [4.78, 5) is 12.3. The van der Waals surface area contributed by atoms with E-state index in [1.54, 1.807) is 22.9 Å². The predicted octanol–water partition coefficient (Wildman–Crippen LogP) is 3.60. The molecule has 0 spiro atoms. The molecule has 1 heterocycles. The zero-order valence-electron chi connectivity index (χ0n) is 13.0. The number of hydrogen-bond acceptors (Lipinski definition) is 4. The quantitative estimate of drug-likeness (QED) is 0.781. The number of halogens is 3. The number of hydrogen-bond donors (Lipinski definition) is 1. The summed E-state index contributed by atoms with van der Waals surface area (Å²) in [7, 11) is 0. The Morgan fingerprint density at radius 3 is 2.56 bits per heavy atom. The van der Waals surface area contributed by atoms with Crippen molar-refractivity contribution < 1.29 is 22.7 Å². The third-order valence-electron chi connectivity index (χ3n) is 3.42. The summed E-state index contributed by atoms with van der Waals surface area (Å²) in [6.45, 7) is 2.59. The Balaban J connectivity index is 1.73. The minimum atomic E-state index is -4.75. The molecule has 2 aromatic carbocycles. The van der Waals surface area contributed by atoms with Crippen LogP contribution in [0.3, 0.4) is 0 Å². The normalized spacial score (nSPS) is 11.5. The Bertz CT molecular complexity index is 904. The van der Waals surface area contributed by atoms with E-state index in [4.69, 9.17) is 0 Å². The number of nitrogens with one attached hydrogen (secondary N) is 1. The molecule has 1 amide bonds. The molecule has 3 rings (SSSR count). The minimum absolute atomic E-state index is 0.344. The van der Waals surface area contributed by atoms with Crippen molar-refractivity contribution in [2.75, 3.05) is 5.32 Å². The number of aromatic nitrogens is 3. The number of nitrogens with zero attached hydrogens (tertiary/aromatic N) is 3. The van der Waals surface area contributed by atoms with Gasteiger partial charge in [0, 0.05) is 17.8 Å². The van der Waals surface area contributed by atoms with Crippen molar-refractivity contribution in [2.45, 2.75) is 19.8 Å². The first-order chi connectivity index (χ1) is 11.9. The topological polar surface area (TPSA) is 69.0 Å². The second kappa shape index (κ2) is 6.42. The average molecular weight is 350 g/mol. The third kappa shape index (κ3) is 3.87. The molecule has 0 aliphatic carbocycles. The fourth-order valence-electron chi connectivity index (χ4n) is 2.29. The Labute approximate surface area is 140 Å². The minimum Gasteiger partial charge on any atom is -0.406 e. The van der Waals surface area contributed by atoms with Gasteiger partial charge in [-0.15, -0.1) is 18.3 Å². The molecule has 0 radical (unpaired) electrons. The number of aryl methyl sites for hydroxylation is 1. The molecule has 1 N–H and O–H groups in total. The summed E-state index contributed by atoms with van der Waals surface area (Å²) < 4.78 is 41.9. The van der Waals surface area contributed by atoms with Gasteiger partial charge in [-0.05, 0) is 49.4 Å². The standard InChI is InChI=1S/C16H13F3N4O2/c1-2-23-14-8-3-10(9-13(14)21-22-23)15(24)20-11-4-6-12(7-5-11)25-16(17,18)19/h3-9H,2H2,1H3,(H,20,24). The maximum absolute atomic E-state index is 12.3. The largest absolute Gasteiger partial charge is 0.573 e. The number of rotatable bonds is 4. The van der Waals surface area contributed by atoms with Crippen molar-refractivity contribution >= 4 is 22.6 Å². The van der Waals surface area contributed by atoms with E-state index in [1.165, 1.54) is 12.1 Å². The maximum atomic E-state index is 12.3. The zero-order chi connectivity index (χ0) is 18.0. The Hall–Kier alpha value is -3.10. The van der Waals surface area contributed by atoms with Gasteiger partial charge in [-0.25, -0.2) is 4.68 Å². The van der Waals surface area contributed by atoms with Crippen LogP contribution in [0.4, 0.5) is 18.9 Å². The summed E-state index contributed by atoms with van der Waals surface area (Å²) in [5, 5.41) is 10.6. The Kier molecular flexibility index (Phi) is 4.30. The zero-order valence-corrected chi connectivity index (χ0v) is 13.0. The highest BCUT2D eigenvalue weighted by Gasteiger charge is 2.30. The molecule has 0 unspecified atom stereocenters. The van der Waals surface area contributed by atoms with Crippen LogP contribution in [0.2, 0.25) is 0 Å². The number of carbonyl (C=O) groups excluding carboxylic acids is 1. The van der Waals surface area contributed by atoms with Gasteiger partial charge in [0.1, 0.15) is 11.3 Å². The molecule has 25 heavy (non-hydrogen) atoms. The van der Waals surface area contributed by atoms with E-state index in [2.05, 4.69) is 20.4 Å². The van der Waals surface area contributed by atoms with Gasteiger partial charge in [0.2, 0.25) is 0 Å². The molecule has 0 atom stereocenters. The van der Waals surface area contributed by atoms with Gasteiger partial charge < -0.3 is 10.1 Å². The van der Waals surface area contributed by atoms with E-state index >= 15 is 0 Å². The molecule has 1 aromatic heterocycles. The third-order valence-corrected chi connectivity index (χ3v) is 3.42. The number of amides is 1. The molecule has 3 aromatic rings. The summed E-state index contributed by atoms with van der Waals surface area (Å²) in [5.74, 6) is -0.763. The molecular formula is C16H13F3N4O2. The fraction of sp³-hybridized carbons (Fsp3) is 0.188. The number of fused-ring (bicyclic) bond motifs is 1. The highest BCUT2D eigenvalue weighted by Crippen LogP contribution is 2.24. The Morgan fingerprint density at radius 2 is 1.92 bits per heavy atom. The van der Waals surface area contributed by atoms with Gasteiger partial charge in [-0.1, -0.05) is 5.21 Å². The summed E-state index contributed by atoms with van der Waals surface area (Å²) in [6, 6.07) is 9.88. The number of benzene rings is 2. The van der Waals surface area contributed by atoms with E-state index in [1.807, 2.05) is 6.92 Å². The lowest BCUT2D eigenvalue weighted by Gasteiger charge is -2.10. The summed E-state index contributed by atoms with van der Waals surface area (Å²) in [5.41, 5.74) is 2.11. The highest BCUT2D eigenvalue weighted by molar-refractivity contribution is 6.05. The average Bonchev–Trinajstić information content (AvgIpc) is 2.97. The van der Waals surface area contributed by atoms with Crippen molar-refractivity contribution in [1.29, 1.82) is 0 Å². The van der Waals surface area contributed by atoms with Crippen LogP contribution in [0.5, 0.6) is 5.75 Å². The number of carbonyl (C=O) groups is 1. The Morgan fingerprint density at radius 1 is 1.20 bits per heavy atom. The number of anilines is 1. The molecule has 9 heteroatoms. The van der Waals surface area contributed by atoms with Crippen LogP contribution >= 0.6 is 0 Å². The van der Waals surface area contributed by atoms with Crippen LogP contribution in [0.25, 0.3) is 11.0 Å². The number of ether oxygens (including phenoxy) is 1. The second-order valence-electron chi connectivity index (χ2n) is 5.14. The van der Waals surface area contributed by atoms with Gasteiger partial charge >= 0.3 is 6.36 Å². The first-order valence-electron chi connectivity index (χ1n) is 7.36. The first-order valence-corrected chi connectivity index (χ1v) is 7.36. The lowest BCUT2D eigenvalue weighted by atomic mass is 10.2. The van der Waals surface area contributed by atoms with Crippen LogP contribution in [0.1, 0.15) is 17.3 Å². The smallest absolute Gasteiger partial charge is 0.406 e. The molecule has 0 saturated heterocycles. The molecule has 0 aliphatic heterocycles. The van der Waals surface area contributed by atoms with E-state index < -0.39 is 12.3 Å². The second-order valence-corrected chi connectivity index (χ2v) is 5.14. The van der Waals surface area contributed by atoms with Gasteiger partial charge in [0.15, 0.2) is 0 Å². The summed E-state index contributed by atoms with van der Waals surface area (Å²) >= 11 is 0. The molecule has 0 bridgehead atoms. The lowest BCUT2D eigenvalue weighted by Crippen LogP contribution is -2.17. The van der Waals surface area contributed by atoms with Gasteiger partial charge in [-0.2, -0.15) is 0 Å². The van der Waals surface area contributed by atoms with Crippen LogP contribution in [-0.2, 0) is 6.54 Å². The molecule has 0 aliphatic rings. The monoisotopic (exact) mass is 350 g/mol. The van der Waals surface area contributed by atoms with Crippen LogP contribution in [0, 0.1) is 0 Å². The van der Waals surface area contributed by atoms with Gasteiger partial charge in [-0.3, -0.25) is 4.79 Å². The lowest BCUT2D eigenvalue weighted by molar-refractivity contribution is -0.274. The maximum Gasteiger partial charge on any atom is 0.573 e. The van der Waals surface area contributed by atoms with Crippen LogP contribution in [0.15, 0.2) is 42.5 Å². The molecule has 0 saturated carbocycles. The van der Waals surface area contributed by atoms with Gasteiger partial charge in [0.05, 0.1) is 5.52 Å². The van der Waals surface area contributed by atoms with Crippen LogP contribution in [-0.4, -0.2) is 27.3 Å². The predicted molar refractivity (Wildman–Crippen MR) is 84.3 cm³/mol. The van der Waals surface area contributed by atoms with E-state index in [-0.39, 0.29) is 5.75 Å². The molecule has 0 fully saturated rings. The van der Waals surface area contributed by atoms with Crippen molar-refractivity contribution in [3.8, 4) is 5.75 Å². The van der Waals surface area contributed by atoms with Crippen molar-refractivity contribution in [3.05, 3.63) is 48.0 Å². The molecule has 130 valence electrons. The van der Waals surface area contributed by atoms with E-state index in [0.717, 1.165) is 17.6 Å². The molecule has 6 nitrogen and oxygen atoms in total. The first kappa shape index (κ1) is 16.7. The van der Waals surface area contributed by atoms with Crippen molar-refractivity contribution in [3.63, 3.8) is 0 Å².